The minimum absolute atomic E-state index is 0.0788. The molecule has 1 aromatic carbocycles. The molecule has 1 rings (SSSR count). The standard InChI is InChI=1S/C16H19Cl2NO6/c1-3-14(20)24-9(2)25-16(23)19-8-11(15(21)22)6-10-7-12(17)4-5-13(10)18/h4-5,7,9,11H,3,6,8H2,1-2H3,(H,19,23)(H,21,22)/t9-,11-/m0/s1. The zero-order chi connectivity index (χ0) is 19.0. The molecule has 0 saturated carbocycles. The number of halogens is 2. The predicted molar refractivity (Wildman–Crippen MR) is 91.6 cm³/mol. The number of esters is 1. The molecule has 1 amide bonds. The van der Waals surface area contributed by atoms with Crippen LogP contribution in [0.25, 0.3) is 0 Å². The van der Waals surface area contributed by atoms with Crippen LogP contribution in [0.2, 0.25) is 10.0 Å². The van der Waals surface area contributed by atoms with E-state index in [2.05, 4.69) is 5.32 Å². The average molecular weight is 392 g/mol. The van der Waals surface area contributed by atoms with Crippen LogP contribution in [0.4, 0.5) is 4.79 Å². The Bertz CT molecular complexity index is 637. The van der Waals surface area contributed by atoms with Gasteiger partial charge in [-0.15, -0.1) is 0 Å². The van der Waals surface area contributed by atoms with Crippen LogP contribution in [0.15, 0.2) is 18.2 Å². The molecule has 0 aliphatic heterocycles. The molecule has 0 unspecified atom stereocenters. The summed E-state index contributed by atoms with van der Waals surface area (Å²) in [7, 11) is 0. The predicted octanol–water partition coefficient (Wildman–Crippen LogP) is 3.26. The van der Waals surface area contributed by atoms with Crippen LogP contribution in [-0.4, -0.2) is 36.0 Å². The molecule has 2 atom stereocenters. The Hall–Kier alpha value is -1.99. The number of nitrogens with one attached hydrogen (secondary N) is 1. The van der Waals surface area contributed by atoms with E-state index in [0.717, 1.165) is 0 Å². The molecule has 2 N–H and O–H groups in total. The van der Waals surface area contributed by atoms with E-state index in [-0.39, 0.29) is 19.4 Å². The van der Waals surface area contributed by atoms with Crippen molar-refractivity contribution in [2.45, 2.75) is 33.0 Å². The lowest BCUT2D eigenvalue weighted by Gasteiger charge is -2.17. The van der Waals surface area contributed by atoms with Gasteiger partial charge in [-0.1, -0.05) is 30.1 Å². The summed E-state index contributed by atoms with van der Waals surface area (Å²) in [6.07, 6.45) is -1.73. The fourth-order valence-corrected chi connectivity index (χ4v) is 2.29. The van der Waals surface area contributed by atoms with Gasteiger partial charge < -0.3 is 19.9 Å². The van der Waals surface area contributed by atoms with E-state index in [1.54, 1.807) is 25.1 Å². The molecule has 138 valence electrons. The minimum Gasteiger partial charge on any atom is -0.481 e. The highest BCUT2D eigenvalue weighted by Crippen LogP contribution is 2.23. The third-order valence-corrected chi connectivity index (χ3v) is 3.78. The number of benzene rings is 1. The molecule has 0 fully saturated rings. The van der Waals surface area contributed by atoms with E-state index >= 15 is 0 Å². The van der Waals surface area contributed by atoms with Crippen molar-refractivity contribution in [3.8, 4) is 0 Å². The van der Waals surface area contributed by atoms with Crippen molar-refractivity contribution in [2.75, 3.05) is 6.54 Å². The van der Waals surface area contributed by atoms with Crippen LogP contribution >= 0.6 is 23.2 Å². The first-order valence-corrected chi connectivity index (χ1v) is 8.29. The second-order valence-electron chi connectivity index (χ2n) is 5.17. The number of hydrogen-bond donors (Lipinski definition) is 2. The zero-order valence-corrected chi connectivity index (χ0v) is 15.3. The summed E-state index contributed by atoms with van der Waals surface area (Å²) in [4.78, 5) is 34.1. The Labute approximate surface area is 155 Å². The minimum atomic E-state index is -1.11. The molecule has 0 aliphatic carbocycles. The fraction of sp³-hybridized carbons (Fsp3) is 0.438. The lowest BCUT2D eigenvalue weighted by molar-refractivity contribution is -0.164. The topological polar surface area (TPSA) is 102 Å². The first-order chi connectivity index (χ1) is 11.7. The number of amides is 1. The summed E-state index contributed by atoms with van der Waals surface area (Å²) in [5.74, 6) is -2.56. The van der Waals surface area contributed by atoms with Gasteiger partial charge in [0.15, 0.2) is 0 Å². The van der Waals surface area contributed by atoms with Gasteiger partial charge in [-0.3, -0.25) is 9.59 Å². The number of aliphatic carboxylic acids is 1. The maximum atomic E-state index is 11.7. The number of rotatable bonds is 8. The molecular weight excluding hydrogens is 373 g/mol. The van der Waals surface area contributed by atoms with Gasteiger partial charge in [0.05, 0.1) is 5.92 Å². The highest BCUT2D eigenvalue weighted by atomic mass is 35.5. The van der Waals surface area contributed by atoms with E-state index in [0.29, 0.717) is 15.6 Å². The maximum Gasteiger partial charge on any atom is 0.410 e. The van der Waals surface area contributed by atoms with E-state index < -0.39 is 30.2 Å². The van der Waals surface area contributed by atoms with Crippen molar-refractivity contribution in [3.05, 3.63) is 33.8 Å². The van der Waals surface area contributed by atoms with E-state index in [4.69, 9.17) is 32.7 Å². The first-order valence-electron chi connectivity index (χ1n) is 7.53. The Morgan fingerprint density at radius 1 is 1.24 bits per heavy atom. The lowest BCUT2D eigenvalue weighted by atomic mass is 9.99. The normalized spacial score (nSPS) is 12.8. The number of alkyl carbamates (subject to hydrolysis) is 1. The Morgan fingerprint density at radius 3 is 2.52 bits per heavy atom. The van der Waals surface area contributed by atoms with Gasteiger partial charge in [-0.05, 0) is 30.2 Å². The molecule has 0 radical (unpaired) electrons. The number of carbonyl (C=O) groups is 3. The summed E-state index contributed by atoms with van der Waals surface area (Å²) in [6, 6.07) is 4.74. The van der Waals surface area contributed by atoms with Gasteiger partial charge in [0.2, 0.25) is 6.29 Å². The molecule has 0 bridgehead atoms. The Morgan fingerprint density at radius 2 is 1.92 bits per heavy atom. The van der Waals surface area contributed by atoms with E-state index in [9.17, 15) is 19.5 Å². The molecule has 0 aromatic heterocycles. The monoisotopic (exact) mass is 391 g/mol. The Balaban J connectivity index is 2.58. The summed E-state index contributed by atoms with van der Waals surface area (Å²) in [5.41, 5.74) is 0.557. The highest BCUT2D eigenvalue weighted by Gasteiger charge is 2.21. The number of ether oxygens (including phenoxy) is 2. The summed E-state index contributed by atoms with van der Waals surface area (Å²) < 4.78 is 9.59. The molecule has 0 heterocycles. The molecule has 1 aromatic rings. The third-order valence-electron chi connectivity index (χ3n) is 3.18. The van der Waals surface area contributed by atoms with Crippen LogP contribution < -0.4 is 5.32 Å². The van der Waals surface area contributed by atoms with Crippen molar-refractivity contribution in [2.24, 2.45) is 5.92 Å². The maximum absolute atomic E-state index is 11.7. The summed E-state index contributed by atoms with van der Waals surface area (Å²) in [5, 5.41) is 12.5. The molecule has 9 heteroatoms. The van der Waals surface area contributed by atoms with Gasteiger partial charge >= 0.3 is 18.0 Å². The largest absolute Gasteiger partial charge is 0.481 e. The van der Waals surface area contributed by atoms with Crippen LogP contribution in [-0.2, 0) is 25.5 Å². The van der Waals surface area contributed by atoms with Gasteiger partial charge in [-0.2, -0.15) is 0 Å². The van der Waals surface area contributed by atoms with Crippen molar-refractivity contribution in [1.29, 1.82) is 0 Å². The molecule has 0 spiro atoms. The van der Waals surface area contributed by atoms with Crippen LogP contribution in [0.1, 0.15) is 25.8 Å². The molecule has 7 nitrogen and oxygen atoms in total. The highest BCUT2D eigenvalue weighted by molar-refractivity contribution is 6.33. The van der Waals surface area contributed by atoms with Crippen molar-refractivity contribution >= 4 is 41.2 Å². The van der Waals surface area contributed by atoms with E-state index in [1.807, 2.05) is 0 Å². The summed E-state index contributed by atoms with van der Waals surface area (Å²) >= 11 is 11.9. The van der Waals surface area contributed by atoms with Crippen molar-refractivity contribution in [3.63, 3.8) is 0 Å². The fourth-order valence-electron chi connectivity index (χ4n) is 1.90. The molecular formula is C16H19Cl2NO6. The van der Waals surface area contributed by atoms with Gasteiger partial charge in [0.1, 0.15) is 0 Å². The van der Waals surface area contributed by atoms with E-state index in [1.165, 1.54) is 6.92 Å². The summed E-state index contributed by atoms with van der Waals surface area (Å²) in [6.45, 7) is 2.80. The second kappa shape index (κ2) is 10.1. The van der Waals surface area contributed by atoms with Crippen LogP contribution in [0.3, 0.4) is 0 Å². The van der Waals surface area contributed by atoms with Crippen molar-refractivity contribution < 1.29 is 29.0 Å². The van der Waals surface area contributed by atoms with Gasteiger partial charge in [0.25, 0.3) is 0 Å². The number of carbonyl (C=O) groups excluding carboxylic acids is 2. The lowest BCUT2D eigenvalue weighted by Crippen LogP contribution is -2.36. The zero-order valence-electron chi connectivity index (χ0n) is 13.8. The molecule has 25 heavy (non-hydrogen) atoms. The second-order valence-corrected chi connectivity index (χ2v) is 6.02. The third kappa shape index (κ3) is 7.62. The average Bonchev–Trinajstić information content (AvgIpc) is 2.53. The SMILES string of the molecule is CCC(=O)O[C@H](C)OC(=O)NC[C@H](Cc1cc(Cl)ccc1Cl)C(=O)O. The Kier molecular flexibility index (Phi) is 8.51. The van der Waals surface area contributed by atoms with Crippen LogP contribution in [0, 0.1) is 5.92 Å². The molecule has 0 aliphatic rings. The number of carboxylic acid groups (broad SMARTS) is 1. The number of hydrogen-bond acceptors (Lipinski definition) is 5. The van der Waals surface area contributed by atoms with Crippen molar-refractivity contribution in [1.82, 2.24) is 5.32 Å². The van der Waals surface area contributed by atoms with Gasteiger partial charge in [0, 0.05) is 29.9 Å². The van der Waals surface area contributed by atoms with Crippen LogP contribution in [0.5, 0.6) is 0 Å². The molecule has 0 saturated heterocycles. The quantitative estimate of drug-likeness (QED) is 0.520. The number of carboxylic acids is 1. The smallest absolute Gasteiger partial charge is 0.410 e. The first kappa shape index (κ1) is 21.1. The van der Waals surface area contributed by atoms with Gasteiger partial charge in [-0.25, -0.2) is 4.79 Å².